The van der Waals surface area contributed by atoms with Gasteiger partial charge in [-0.1, -0.05) is 31.9 Å². The van der Waals surface area contributed by atoms with Crippen LogP contribution in [-0.2, 0) is 9.59 Å². The molecule has 1 heterocycles. The summed E-state index contributed by atoms with van der Waals surface area (Å²) in [7, 11) is 0. The van der Waals surface area contributed by atoms with Gasteiger partial charge in [-0.25, -0.2) is 4.79 Å². The highest BCUT2D eigenvalue weighted by molar-refractivity contribution is 6.10. The summed E-state index contributed by atoms with van der Waals surface area (Å²) in [6, 6.07) is 5.31. The summed E-state index contributed by atoms with van der Waals surface area (Å²) in [5.74, 6) is -0.539. The fourth-order valence-corrected chi connectivity index (χ4v) is 3.84. The monoisotopic (exact) mass is 343 g/mol. The molecule has 2 atom stereocenters. The number of urea groups is 1. The van der Waals surface area contributed by atoms with E-state index < -0.39 is 11.6 Å². The van der Waals surface area contributed by atoms with Crippen LogP contribution in [0.4, 0.5) is 10.5 Å². The van der Waals surface area contributed by atoms with Crippen molar-refractivity contribution in [1.82, 2.24) is 10.2 Å². The minimum absolute atomic E-state index is 0.0878. The Morgan fingerprint density at radius 3 is 2.80 bits per heavy atom. The Labute approximate surface area is 148 Å². The molecule has 0 radical (unpaired) electrons. The quantitative estimate of drug-likeness (QED) is 0.828. The van der Waals surface area contributed by atoms with Crippen LogP contribution in [0.2, 0.25) is 0 Å². The second-order valence-corrected chi connectivity index (χ2v) is 7.31. The van der Waals surface area contributed by atoms with Crippen LogP contribution in [0.3, 0.4) is 0 Å². The van der Waals surface area contributed by atoms with Crippen LogP contribution in [0.25, 0.3) is 0 Å². The first kappa shape index (κ1) is 17.5. The summed E-state index contributed by atoms with van der Waals surface area (Å²) >= 11 is 0. The van der Waals surface area contributed by atoms with Crippen molar-refractivity contribution < 1.29 is 14.4 Å². The van der Waals surface area contributed by atoms with Crippen molar-refractivity contribution in [3.8, 4) is 0 Å². The molecule has 2 aliphatic rings. The van der Waals surface area contributed by atoms with Gasteiger partial charge in [0.25, 0.3) is 5.91 Å². The highest BCUT2D eigenvalue weighted by atomic mass is 16.2. The number of nitrogens with one attached hydrogen (secondary N) is 2. The smallest absolute Gasteiger partial charge is 0.324 e. The summed E-state index contributed by atoms with van der Waals surface area (Å²) in [6.07, 6.45) is 3.54. The maximum atomic E-state index is 12.9. The highest BCUT2D eigenvalue weighted by Crippen LogP contribution is 2.38. The number of hydrogen-bond donors (Lipinski definition) is 2. The van der Waals surface area contributed by atoms with E-state index in [9.17, 15) is 14.4 Å². The van der Waals surface area contributed by atoms with E-state index in [2.05, 4.69) is 10.6 Å². The van der Waals surface area contributed by atoms with Crippen LogP contribution in [0, 0.1) is 19.8 Å². The first-order chi connectivity index (χ1) is 11.8. The van der Waals surface area contributed by atoms with Gasteiger partial charge in [0, 0.05) is 5.69 Å². The van der Waals surface area contributed by atoms with E-state index in [4.69, 9.17) is 0 Å². The van der Waals surface area contributed by atoms with Gasteiger partial charge in [0.05, 0.1) is 0 Å². The molecular weight excluding hydrogens is 318 g/mol. The van der Waals surface area contributed by atoms with Crippen molar-refractivity contribution in [1.29, 1.82) is 0 Å². The van der Waals surface area contributed by atoms with Crippen LogP contribution in [0.1, 0.15) is 43.7 Å². The maximum Gasteiger partial charge on any atom is 0.325 e. The van der Waals surface area contributed by atoms with E-state index in [1.807, 2.05) is 39.0 Å². The summed E-state index contributed by atoms with van der Waals surface area (Å²) in [5.41, 5.74) is 1.85. The molecule has 1 aliphatic heterocycles. The Morgan fingerprint density at radius 2 is 2.08 bits per heavy atom. The van der Waals surface area contributed by atoms with E-state index in [1.54, 1.807) is 0 Å². The van der Waals surface area contributed by atoms with Crippen molar-refractivity contribution >= 4 is 23.5 Å². The van der Waals surface area contributed by atoms with Gasteiger partial charge in [0.2, 0.25) is 5.91 Å². The van der Waals surface area contributed by atoms with Gasteiger partial charge < -0.3 is 10.6 Å². The normalized spacial score (nSPS) is 26.0. The average molecular weight is 343 g/mol. The zero-order chi connectivity index (χ0) is 18.2. The number of nitrogens with zero attached hydrogens (tertiary/aromatic N) is 1. The molecular formula is C19H25N3O3. The third kappa shape index (κ3) is 3.13. The zero-order valence-electron chi connectivity index (χ0n) is 15.0. The molecule has 1 aromatic carbocycles. The molecule has 3 rings (SSSR count). The van der Waals surface area contributed by atoms with Gasteiger partial charge in [-0.15, -0.1) is 0 Å². The predicted octanol–water partition coefficient (Wildman–Crippen LogP) is 2.74. The number of carbonyl (C=O) groups excluding carboxylic acids is 3. The Balaban J connectivity index is 1.72. The lowest BCUT2D eigenvalue weighted by Gasteiger charge is -2.36. The summed E-state index contributed by atoms with van der Waals surface area (Å²) in [4.78, 5) is 38.7. The Bertz CT molecular complexity index is 731. The van der Waals surface area contributed by atoms with E-state index >= 15 is 0 Å². The van der Waals surface area contributed by atoms with Crippen molar-refractivity contribution in [3.05, 3.63) is 29.3 Å². The molecule has 1 spiro atoms. The average Bonchev–Trinajstić information content (AvgIpc) is 2.79. The summed E-state index contributed by atoms with van der Waals surface area (Å²) in [6.45, 7) is 5.59. The molecule has 6 nitrogen and oxygen atoms in total. The second-order valence-electron chi connectivity index (χ2n) is 7.31. The maximum absolute atomic E-state index is 12.9. The third-order valence-electron chi connectivity index (χ3n) is 5.47. The van der Waals surface area contributed by atoms with Gasteiger partial charge in [0.15, 0.2) is 0 Å². The molecule has 1 aliphatic carbocycles. The molecule has 2 fully saturated rings. The number of benzene rings is 1. The van der Waals surface area contributed by atoms with Crippen molar-refractivity contribution in [3.63, 3.8) is 0 Å². The van der Waals surface area contributed by atoms with Gasteiger partial charge in [-0.3, -0.25) is 14.5 Å². The SMILES string of the molecule is Cc1ccc(C)c(NC(=O)CN2C(=O)N[C@@]3(CCCC[C@@H]3C)C2=O)c1. The summed E-state index contributed by atoms with van der Waals surface area (Å²) in [5, 5.41) is 5.67. The molecule has 1 saturated carbocycles. The van der Waals surface area contributed by atoms with Gasteiger partial charge in [-0.2, -0.15) is 0 Å². The number of anilines is 1. The van der Waals surface area contributed by atoms with Gasteiger partial charge in [0.1, 0.15) is 12.1 Å². The Kier molecular flexibility index (Phi) is 4.54. The van der Waals surface area contributed by atoms with Gasteiger partial charge in [-0.05, 0) is 49.8 Å². The first-order valence-electron chi connectivity index (χ1n) is 8.85. The number of carbonyl (C=O) groups is 3. The topological polar surface area (TPSA) is 78.5 Å². The van der Waals surface area contributed by atoms with E-state index in [1.165, 1.54) is 0 Å². The van der Waals surface area contributed by atoms with Crippen LogP contribution in [0.5, 0.6) is 0 Å². The van der Waals surface area contributed by atoms with E-state index in [0.29, 0.717) is 12.1 Å². The molecule has 6 heteroatoms. The lowest BCUT2D eigenvalue weighted by molar-refractivity contribution is -0.136. The Morgan fingerprint density at radius 1 is 1.32 bits per heavy atom. The Hall–Kier alpha value is -2.37. The van der Waals surface area contributed by atoms with Crippen molar-refractivity contribution in [2.45, 2.75) is 52.0 Å². The van der Waals surface area contributed by atoms with E-state index in [0.717, 1.165) is 35.3 Å². The molecule has 25 heavy (non-hydrogen) atoms. The number of rotatable bonds is 3. The molecule has 0 aromatic heterocycles. The van der Waals surface area contributed by atoms with Crippen LogP contribution in [-0.4, -0.2) is 34.8 Å². The lowest BCUT2D eigenvalue weighted by Crippen LogP contribution is -2.54. The zero-order valence-corrected chi connectivity index (χ0v) is 15.0. The predicted molar refractivity (Wildman–Crippen MR) is 95.2 cm³/mol. The lowest BCUT2D eigenvalue weighted by atomic mass is 9.73. The number of hydrogen-bond acceptors (Lipinski definition) is 3. The van der Waals surface area contributed by atoms with Gasteiger partial charge >= 0.3 is 6.03 Å². The molecule has 4 amide bonds. The number of amides is 4. The highest BCUT2D eigenvalue weighted by Gasteiger charge is 2.55. The van der Waals surface area contributed by atoms with Crippen LogP contribution >= 0.6 is 0 Å². The van der Waals surface area contributed by atoms with Crippen molar-refractivity contribution in [2.24, 2.45) is 5.92 Å². The molecule has 2 N–H and O–H groups in total. The van der Waals surface area contributed by atoms with Crippen LogP contribution < -0.4 is 10.6 Å². The second kappa shape index (κ2) is 6.50. The largest absolute Gasteiger partial charge is 0.325 e. The molecule has 1 saturated heterocycles. The fourth-order valence-electron chi connectivity index (χ4n) is 3.84. The minimum Gasteiger partial charge on any atom is -0.324 e. The molecule has 134 valence electrons. The van der Waals surface area contributed by atoms with Crippen LogP contribution in [0.15, 0.2) is 18.2 Å². The molecule has 0 bridgehead atoms. The minimum atomic E-state index is -0.825. The molecule has 0 unspecified atom stereocenters. The third-order valence-corrected chi connectivity index (χ3v) is 5.47. The fraction of sp³-hybridized carbons (Fsp3) is 0.526. The van der Waals surface area contributed by atoms with Crippen molar-refractivity contribution in [2.75, 3.05) is 11.9 Å². The molecule has 1 aromatic rings. The number of aryl methyl sites for hydroxylation is 2. The first-order valence-corrected chi connectivity index (χ1v) is 8.85. The van der Waals surface area contributed by atoms with E-state index in [-0.39, 0.29) is 24.3 Å². The number of imide groups is 1. The standard InChI is InChI=1S/C19H25N3O3/c1-12-7-8-13(2)15(10-12)20-16(23)11-22-17(24)19(21-18(22)25)9-5-4-6-14(19)3/h7-8,10,14H,4-6,9,11H2,1-3H3,(H,20,23)(H,21,25)/t14-,19+/m0/s1. The summed E-state index contributed by atoms with van der Waals surface area (Å²) < 4.78 is 0.